The van der Waals surface area contributed by atoms with Crippen molar-refractivity contribution in [3.05, 3.63) is 206 Å². The molecule has 0 bridgehead atoms. The van der Waals surface area contributed by atoms with E-state index in [9.17, 15) is 0 Å². The Hall–Kier alpha value is -6.90. The van der Waals surface area contributed by atoms with E-state index >= 15 is 0 Å². The summed E-state index contributed by atoms with van der Waals surface area (Å²) in [5.41, 5.74) is 11.6. The zero-order chi connectivity index (χ0) is 34.4. The summed E-state index contributed by atoms with van der Waals surface area (Å²) in [6.07, 6.45) is 0. The second-order valence-corrected chi connectivity index (χ2v) is 13.3. The molecular formula is C50H34N2. The number of benzene rings is 9. The van der Waals surface area contributed by atoms with E-state index in [0.29, 0.717) is 0 Å². The summed E-state index contributed by atoms with van der Waals surface area (Å²) >= 11 is 0. The van der Waals surface area contributed by atoms with Crippen molar-refractivity contribution < 1.29 is 0 Å². The van der Waals surface area contributed by atoms with Crippen LogP contribution >= 0.6 is 0 Å². The van der Waals surface area contributed by atoms with Gasteiger partial charge in [-0.1, -0.05) is 164 Å². The highest BCUT2D eigenvalue weighted by Crippen LogP contribution is 2.49. The first-order valence-electron chi connectivity index (χ1n) is 17.9. The average molecular weight is 663 g/mol. The van der Waals surface area contributed by atoms with Gasteiger partial charge in [0.05, 0.1) is 28.1 Å². The first kappa shape index (κ1) is 30.0. The van der Waals surface area contributed by atoms with Gasteiger partial charge in [-0.05, 0) is 69.8 Å². The monoisotopic (exact) mass is 662 g/mol. The van der Waals surface area contributed by atoms with Crippen molar-refractivity contribution in [2.24, 2.45) is 0 Å². The summed E-state index contributed by atoms with van der Waals surface area (Å²) in [6.45, 7) is 0. The number of nitrogens with zero attached hydrogens (tertiary/aromatic N) is 2. The number of fused-ring (bicyclic) bond motifs is 6. The van der Waals surface area contributed by atoms with E-state index in [2.05, 4.69) is 216 Å². The molecule has 0 saturated carbocycles. The fourth-order valence-electron chi connectivity index (χ4n) is 8.13. The van der Waals surface area contributed by atoms with E-state index in [1.165, 1.54) is 65.6 Å². The third kappa shape index (κ3) is 4.80. The molecule has 244 valence electrons. The summed E-state index contributed by atoms with van der Waals surface area (Å²) in [7, 11) is 0. The number of hydrogen-bond donors (Lipinski definition) is 0. The van der Waals surface area contributed by atoms with Gasteiger partial charge in [-0.25, -0.2) is 0 Å². The van der Waals surface area contributed by atoms with Gasteiger partial charge in [-0.15, -0.1) is 0 Å². The van der Waals surface area contributed by atoms with Crippen LogP contribution in [0.3, 0.4) is 0 Å². The topological polar surface area (TPSA) is 8.17 Å². The van der Waals surface area contributed by atoms with Crippen LogP contribution in [0, 0.1) is 0 Å². The minimum Gasteiger partial charge on any atom is -0.309 e. The zero-order valence-corrected chi connectivity index (χ0v) is 28.5. The Kier molecular flexibility index (Phi) is 7.18. The Bertz CT molecular complexity index is 2900. The van der Waals surface area contributed by atoms with E-state index in [-0.39, 0.29) is 0 Å². The van der Waals surface area contributed by atoms with E-state index < -0.39 is 0 Å². The maximum Gasteiger partial charge on any atom is 0.0547 e. The summed E-state index contributed by atoms with van der Waals surface area (Å²) in [5.74, 6) is 0. The lowest BCUT2D eigenvalue weighted by Gasteiger charge is -2.31. The molecule has 0 aliphatic carbocycles. The lowest BCUT2D eigenvalue weighted by molar-refractivity contribution is 1.18. The molecule has 0 atom stereocenters. The Morgan fingerprint density at radius 2 is 0.865 bits per heavy atom. The molecule has 9 aromatic carbocycles. The molecule has 1 aromatic heterocycles. The van der Waals surface area contributed by atoms with Crippen molar-refractivity contribution in [2.75, 3.05) is 4.90 Å². The van der Waals surface area contributed by atoms with Crippen molar-refractivity contribution in [3.63, 3.8) is 0 Å². The number of aromatic nitrogens is 1. The maximum absolute atomic E-state index is 2.50. The molecule has 2 nitrogen and oxygen atoms in total. The summed E-state index contributed by atoms with van der Waals surface area (Å²) in [6, 6.07) is 74.7. The van der Waals surface area contributed by atoms with Gasteiger partial charge in [-0.2, -0.15) is 0 Å². The number of anilines is 3. The van der Waals surface area contributed by atoms with Gasteiger partial charge in [0, 0.05) is 33.0 Å². The third-order valence-electron chi connectivity index (χ3n) is 10.4. The van der Waals surface area contributed by atoms with Crippen LogP contribution in [0.2, 0.25) is 0 Å². The lowest BCUT2D eigenvalue weighted by Crippen LogP contribution is -2.13. The highest BCUT2D eigenvalue weighted by molar-refractivity contribution is 6.19. The quantitative estimate of drug-likeness (QED) is 0.161. The Balaban J connectivity index is 1.32. The van der Waals surface area contributed by atoms with Crippen LogP contribution in [-0.4, -0.2) is 4.57 Å². The van der Waals surface area contributed by atoms with Gasteiger partial charge in [0.25, 0.3) is 0 Å². The van der Waals surface area contributed by atoms with Gasteiger partial charge >= 0.3 is 0 Å². The van der Waals surface area contributed by atoms with Crippen LogP contribution in [0.4, 0.5) is 17.1 Å². The second kappa shape index (κ2) is 12.5. The average Bonchev–Trinajstić information content (AvgIpc) is 3.57. The van der Waals surface area contributed by atoms with Gasteiger partial charge in [0.2, 0.25) is 0 Å². The molecule has 0 saturated heterocycles. The maximum atomic E-state index is 2.50. The molecule has 1 heterocycles. The molecular weight excluding hydrogens is 629 g/mol. The van der Waals surface area contributed by atoms with E-state index in [1.807, 2.05) is 0 Å². The van der Waals surface area contributed by atoms with Crippen molar-refractivity contribution in [1.29, 1.82) is 0 Å². The summed E-state index contributed by atoms with van der Waals surface area (Å²) < 4.78 is 2.40. The fraction of sp³-hybridized carbons (Fsp3) is 0. The van der Waals surface area contributed by atoms with E-state index in [0.717, 1.165) is 22.7 Å². The minimum atomic E-state index is 1.12. The predicted molar refractivity (Wildman–Crippen MR) is 221 cm³/mol. The molecule has 52 heavy (non-hydrogen) atoms. The van der Waals surface area contributed by atoms with Crippen LogP contribution in [0.5, 0.6) is 0 Å². The molecule has 0 amide bonds. The first-order valence-corrected chi connectivity index (χ1v) is 17.9. The SMILES string of the molecule is c1ccc(-c2ccccc2N(c2ccccc2-c2cccc3c2c2ccccc2n3-c2ccccc2)c2cc3ccccc3c3ccccc23)cc1. The fourth-order valence-corrected chi connectivity index (χ4v) is 8.13. The predicted octanol–water partition coefficient (Wildman–Crippen LogP) is 13.9. The first-order chi connectivity index (χ1) is 25.8. The van der Waals surface area contributed by atoms with Gasteiger partial charge in [0.15, 0.2) is 0 Å². The number of para-hydroxylation sites is 4. The van der Waals surface area contributed by atoms with Crippen molar-refractivity contribution in [3.8, 4) is 27.9 Å². The second-order valence-electron chi connectivity index (χ2n) is 13.3. The van der Waals surface area contributed by atoms with Gasteiger partial charge in [-0.3, -0.25) is 0 Å². The van der Waals surface area contributed by atoms with Crippen LogP contribution in [0.15, 0.2) is 206 Å². The minimum absolute atomic E-state index is 1.12. The molecule has 2 heteroatoms. The summed E-state index contributed by atoms with van der Waals surface area (Å²) in [4.78, 5) is 2.50. The lowest BCUT2D eigenvalue weighted by atomic mass is 9.94. The van der Waals surface area contributed by atoms with Crippen molar-refractivity contribution in [2.45, 2.75) is 0 Å². The number of hydrogen-bond acceptors (Lipinski definition) is 1. The highest BCUT2D eigenvalue weighted by atomic mass is 15.1. The standard InChI is InChI=1S/C50H34N2/c1-3-18-35(19-4-1)39-24-11-14-30-45(39)52(49-34-36-20-7-8-23-38(36)40-25-9-10-26-41(40)49)46-31-15-12-27-42(46)43-29-17-33-48-50(43)44-28-13-16-32-47(44)51(48)37-21-5-2-6-22-37/h1-34H. The van der Waals surface area contributed by atoms with Crippen molar-refractivity contribution in [1.82, 2.24) is 4.57 Å². The van der Waals surface area contributed by atoms with Crippen LogP contribution in [0.25, 0.3) is 71.3 Å². The molecule has 0 radical (unpaired) electrons. The number of rotatable bonds is 6. The normalized spacial score (nSPS) is 11.5. The molecule has 0 spiro atoms. The molecule has 0 N–H and O–H groups in total. The molecule has 0 unspecified atom stereocenters. The highest BCUT2D eigenvalue weighted by Gasteiger charge is 2.24. The molecule has 0 aliphatic heterocycles. The third-order valence-corrected chi connectivity index (χ3v) is 10.4. The Morgan fingerprint density at radius 1 is 0.327 bits per heavy atom. The van der Waals surface area contributed by atoms with Gasteiger partial charge in [0.1, 0.15) is 0 Å². The molecule has 0 aliphatic rings. The summed E-state index contributed by atoms with van der Waals surface area (Å²) in [5, 5.41) is 7.39. The van der Waals surface area contributed by atoms with Crippen LogP contribution in [0.1, 0.15) is 0 Å². The van der Waals surface area contributed by atoms with Crippen LogP contribution < -0.4 is 4.90 Å². The smallest absolute Gasteiger partial charge is 0.0547 e. The van der Waals surface area contributed by atoms with Crippen molar-refractivity contribution >= 4 is 60.4 Å². The van der Waals surface area contributed by atoms with Gasteiger partial charge < -0.3 is 9.47 Å². The van der Waals surface area contributed by atoms with E-state index in [4.69, 9.17) is 0 Å². The van der Waals surface area contributed by atoms with Crippen LogP contribution in [-0.2, 0) is 0 Å². The Labute approximate surface area is 303 Å². The molecule has 0 fully saturated rings. The Morgan fingerprint density at radius 3 is 1.65 bits per heavy atom. The zero-order valence-electron chi connectivity index (χ0n) is 28.5. The largest absolute Gasteiger partial charge is 0.309 e. The van der Waals surface area contributed by atoms with E-state index in [1.54, 1.807) is 0 Å². The molecule has 10 rings (SSSR count). The molecule has 10 aromatic rings.